The molecule has 2 rings (SSSR count). The number of benzene rings is 1. The van der Waals surface area contributed by atoms with Crippen LogP contribution >= 0.6 is 0 Å². The van der Waals surface area contributed by atoms with Gasteiger partial charge in [-0.3, -0.25) is 9.52 Å². The quantitative estimate of drug-likeness (QED) is 0.840. The standard InChI is InChI=1S/C11H11N3O4S/c15-11(16)8-19(17,18)13-9-4-1-2-5-10(9)14-7-3-6-12-14/h1-7,13H,8H2,(H,15,16). The van der Waals surface area contributed by atoms with Crippen molar-refractivity contribution in [3.8, 4) is 5.69 Å². The summed E-state index contributed by atoms with van der Waals surface area (Å²) in [7, 11) is -3.94. The van der Waals surface area contributed by atoms with E-state index in [1.807, 2.05) is 0 Å². The number of aliphatic carboxylic acids is 1. The predicted molar refractivity (Wildman–Crippen MR) is 68.6 cm³/mol. The molecule has 1 heterocycles. The molecule has 0 bridgehead atoms. The summed E-state index contributed by atoms with van der Waals surface area (Å²) in [4.78, 5) is 10.5. The van der Waals surface area contributed by atoms with E-state index in [1.54, 1.807) is 36.7 Å². The van der Waals surface area contributed by atoms with E-state index in [0.717, 1.165) is 0 Å². The molecule has 2 aromatic rings. The number of carboxylic acids is 1. The van der Waals surface area contributed by atoms with Crippen LogP contribution in [0.5, 0.6) is 0 Å². The molecule has 0 aliphatic heterocycles. The molecule has 0 spiro atoms. The van der Waals surface area contributed by atoms with Crippen LogP contribution in [0.15, 0.2) is 42.7 Å². The first-order valence-electron chi connectivity index (χ1n) is 5.29. The summed E-state index contributed by atoms with van der Waals surface area (Å²) in [5, 5.41) is 12.5. The zero-order valence-corrected chi connectivity index (χ0v) is 10.5. The number of anilines is 1. The molecule has 0 saturated carbocycles. The number of sulfonamides is 1. The van der Waals surface area contributed by atoms with Crippen molar-refractivity contribution >= 4 is 21.7 Å². The van der Waals surface area contributed by atoms with Crippen LogP contribution in [0.25, 0.3) is 5.69 Å². The highest BCUT2D eigenvalue weighted by atomic mass is 32.2. The highest BCUT2D eigenvalue weighted by molar-refractivity contribution is 7.93. The first kappa shape index (κ1) is 13.1. The van der Waals surface area contributed by atoms with Gasteiger partial charge in [-0.1, -0.05) is 12.1 Å². The Kier molecular flexibility index (Phi) is 3.52. The third-order valence-electron chi connectivity index (χ3n) is 2.23. The van der Waals surface area contributed by atoms with Crippen LogP contribution < -0.4 is 4.72 Å². The topological polar surface area (TPSA) is 101 Å². The van der Waals surface area contributed by atoms with E-state index in [0.29, 0.717) is 5.69 Å². The van der Waals surface area contributed by atoms with E-state index >= 15 is 0 Å². The van der Waals surface area contributed by atoms with Crippen molar-refractivity contribution in [2.45, 2.75) is 0 Å². The fourth-order valence-electron chi connectivity index (χ4n) is 1.54. The lowest BCUT2D eigenvalue weighted by Gasteiger charge is -2.11. The zero-order chi connectivity index (χ0) is 13.9. The summed E-state index contributed by atoms with van der Waals surface area (Å²) < 4.78 is 26.9. The maximum atomic E-state index is 11.6. The molecule has 1 aromatic heterocycles. The molecule has 1 aromatic carbocycles. The molecule has 100 valence electrons. The van der Waals surface area contributed by atoms with Gasteiger partial charge in [0.25, 0.3) is 0 Å². The van der Waals surface area contributed by atoms with Crippen LogP contribution in [0.4, 0.5) is 5.69 Å². The Bertz CT molecular complexity index is 680. The van der Waals surface area contributed by atoms with Gasteiger partial charge in [-0.05, 0) is 18.2 Å². The molecule has 0 radical (unpaired) electrons. The van der Waals surface area contributed by atoms with Gasteiger partial charge in [-0.15, -0.1) is 0 Å². The average Bonchev–Trinajstić information content (AvgIpc) is 2.80. The van der Waals surface area contributed by atoms with Crippen molar-refractivity contribution in [3.05, 3.63) is 42.7 Å². The van der Waals surface area contributed by atoms with Gasteiger partial charge < -0.3 is 5.11 Å². The van der Waals surface area contributed by atoms with Crippen molar-refractivity contribution < 1.29 is 18.3 Å². The first-order chi connectivity index (χ1) is 8.98. The van der Waals surface area contributed by atoms with Crippen LogP contribution in [-0.4, -0.2) is 35.0 Å². The average molecular weight is 281 g/mol. The van der Waals surface area contributed by atoms with Gasteiger partial charge >= 0.3 is 5.97 Å². The van der Waals surface area contributed by atoms with Crippen LogP contribution in [0.3, 0.4) is 0 Å². The number of rotatable bonds is 5. The predicted octanol–water partition coefficient (Wildman–Crippen LogP) is 0.699. The van der Waals surface area contributed by atoms with Crippen molar-refractivity contribution in [3.63, 3.8) is 0 Å². The largest absolute Gasteiger partial charge is 0.480 e. The van der Waals surface area contributed by atoms with Crippen LogP contribution in [-0.2, 0) is 14.8 Å². The van der Waals surface area contributed by atoms with Gasteiger partial charge in [0, 0.05) is 12.4 Å². The molecule has 2 N–H and O–H groups in total. The Balaban J connectivity index is 2.34. The summed E-state index contributed by atoms with van der Waals surface area (Å²) >= 11 is 0. The highest BCUT2D eigenvalue weighted by Gasteiger charge is 2.17. The Morgan fingerprint density at radius 3 is 2.68 bits per heavy atom. The smallest absolute Gasteiger partial charge is 0.320 e. The minimum Gasteiger partial charge on any atom is -0.480 e. The summed E-state index contributed by atoms with van der Waals surface area (Å²) in [5.41, 5.74) is 0.786. The summed E-state index contributed by atoms with van der Waals surface area (Å²) in [6, 6.07) is 8.28. The number of nitrogens with one attached hydrogen (secondary N) is 1. The summed E-state index contributed by atoms with van der Waals surface area (Å²) in [6.45, 7) is 0. The molecule has 0 fully saturated rings. The van der Waals surface area contributed by atoms with E-state index in [-0.39, 0.29) is 5.69 Å². The molecule has 0 aliphatic rings. The molecule has 8 heteroatoms. The Morgan fingerprint density at radius 2 is 2.05 bits per heavy atom. The molecular formula is C11H11N3O4S. The number of carbonyl (C=O) groups is 1. The SMILES string of the molecule is O=C(O)CS(=O)(=O)Nc1ccccc1-n1cccn1. The Hall–Kier alpha value is -2.35. The van der Waals surface area contributed by atoms with E-state index < -0.39 is 21.7 Å². The first-order valence-corrected chi connectivity index (χ1v) is 6.94. The molecule has 0 unspecified atom stereocenters. The zero-order valence-electron chi connectivity index (χ0n) is 9.72. The molecule has 0 amide bonds. The van der Waals surface area contributed by atoms with Crippen molar-refractivity contribution in [1.29, 1.82) is 0 Å². The van der Waals surface area contributed by atoms with E-state index in [1.165, 1.54) is 10.7 Å². The third-order valence-corrected chi connectivity index (χ3v) is 3.39. The maximum Gasteiger partial charge on any atom is 0.320 e. The van der Waals surface area contributed by atoms with Gasteiger partial charge in [-0.2, -0.15) is 5.10 Å². The van der Waals surface area contributed by atoms with Gasteiger partial charge in [0.15, 0.2) is 5.75 Å². The minimum atomic E-state index is -3.94. The lowest BCUT2D eigenvalue weighted by molar-refractivity contribution is -0.134. The van der Waals surface area contributed by atoms with Crippen molar-refractivity contribution in [1.82, 2.24) is 9.78 Å². The second-order valence-electron chi connectivity index (χ2n) is 3.72. The maximum absolute atomic E-state index is 11.6. The van der Waals surface area contributed by atoms with Crippen molar-refractivity contribution in [2.75, 3.05) is 10.5 Å². The fourth-order valence-corrected chi connectivity index (χ4v) is 2.44. The monoisotopic (exact) mass is 281 g/mol. The molecule has 7 nitrogen and oxygen atoms in total. The Morgan fingerprint density at radius 1 is 1.32 bits per heavy atom. The number of hydrogen-bond donors (Lipinski definition) is 2. The number of aromatic nitrogens is 2. The van der Waals surface area contributed by atoms with Crippen LogP contribution in [0.2, 0.25) is 0 Å². The minimum absolute atomic E-state index is 0.271. The normalized spacial score (nSPS) is 11.2. The lowest BCUT2D eigenvalue weighted by Crippen LogP contribution is -2.23. The number of nitrogens with zero attached hydrogens (tertiary/aromatic N) is 2. The molecule has 0 aliphatic carbocycles. The third kappa shape index (κ3) is 3.32. The van der Waals surface area contributed by atoms with Gasteiger partial charge in [0.2, 0.25) is 10.0 Å². The van der Waals surface area contributed by atoms with E-state index in [4.69, 9.17) is 5.11 Å². The van der Waals surface area contributed by atoms with Crippen LogP contribution in [0, 0.1) is 0 Å². The second kappa shape index (κ2) is 5.11. The van der Waals surface area contributed by atoms with E-state index in [2.05, 4.69) is 9.82 Å². The highest BCUT2D eigenvalue weighted by Crippen LogP contribution is 2.20. The van der Waals surface area contributed by atoms with Crippen LogP contribution in [0.1, 0.15) is 0 Å². The summed E-state index contributed by atoms with van der Waals surface area (Å²) in [6.07, 6.45) is 3.22. The number of carboxylic acid groups (broad SMARTS) is 1. The van der Waals surface area contributed by atoms with Gasteiger partial charge in [0.05, 0.1) is 11.4 Å². The van der Waals surface area contributed by atoms with Crippen molar-refractivity contribution in [2.24, 2.45) is 0 Å². The molecule has 19 heavy (non-hydrogen) atoms. The van der Waals surface area contributed by atoms with Gasteiger partial charge in [0.1, 0.15) is 0 Å². The molecule has 0 atom stereocenters. The Labute approximate surface area is 109 Å². The van der Waals surface area contributed by atoms with Gasteiger partial charge in [-0.25, -0.2) is 13.1 Å². The molecular weight excluding hydrogens is 270 g/mol. The lowest BCUT2D eigenvalue weighted by atomic mass is 10.3. The molecule has 0 saturated heterocycles. The fraction of sp³-hybridized carbons (Fsp3) is 0.0909. The number of para-hydroxylation sites is 2. The second-order valence-corrected chi connectivity index (χ2v) is 5.44. The summed E-state index contributed by atoms with van der Waals surface area (Å²) in [5.74, 6) is -2.40. The number of hydrogen-bond acceptors (Lipinski definition) is 4. The van der Waals surface area contributed by atoms with E-state index in [9.17, 15) is 13.2 Å².